The minimum Gasteiger partial charge on any atom is -0.335 e. The molecular formula is C13H23N5. The van der Waals surface area contributed by atoms with Crippen LogP contribution >= 0.6 is 0 Å². The molecule has 2 fully saturated rings. The molecule has 0 saturated carbocycles. The van der Waals surface area contributed by atoms with Crippen LogP contribution in [0.2, 0.25) is 0 Å². The maximum absolute atomic E-state index is 4.70. The number of rotatable bonds is 1. The van der Waals surface area contributed by atoms with Crippen molar-refractivity contribution in [3.05, 3.63) is 5.82 Å². The zero-order chi connectivity index (χ0) is 12.8. The molecule has 3 heterocycles. The molecule has 5 nitrogen and oxygen atoms in total. The van der Waals surface area contributed by atoms with Gasteiger partial charge in [-0.25, -0.2) is 0 Å². The SMILES string of the molecule is CC(C)(C)c1nc(N2CCCC3CNCC32)n[nH]1. The quantitative estimate of drug-likeness (QED) is 0.787. The second kappa shape index (κ2) is 4.23. The summed E-state index contributed by atoms with van der Waals surface area (Å²) in [5.74, 6) is 2.64. The van der Waals surface area contributed by atoms with Crippen LogP contribution in [0.4, 0.5) is 5.95 Å². The molecule has 2 atom stereocenters. The maximum Gasteiger partial charge on any atom is 0.245 e. The van der Waals surface area contributed by atoms with Gasteiger partial charge in [-0.15, -0.1) is 5.10 Å². The average molecular weight is 249 g/mol. The molecule has 5 heteroatoms. The molecular weight excluding hydrogens is 226 g/mol. The first kappa shape index (κ1) is 12.0. The lowest BCUT2D eigenvalue weighted by Crippen LogP contribution is -2.45. The number of anilines is 1. The molecule has 1 aromatic rings. The van der Waals surface area contributed by atoms with E-state index < -0.39 is 0 Å². The van der Waals surface area contributed by atoms with Crippen LogP contribution in [0.1, 0.15) is 39.4 Å². The minimum atomic E-state index is 0.0361. The summed E-state index contributed by atoms with van der Waals surface area (Å²) in [6.45, 7) is 9.79. The van der Waals surface area contributed by atoms with Crippen molar-refractivity contribution >= 4 is 5.95 Å². The summed E-state index contributed by atoms with van der Waals surface area (Å²) in [5.41, 5.74) is 0.0361. The number of aromatic amines is 1. The number of nitrogens with one attached hydrogen (secondary N) is 2. The Morgan fingerprint density at radius 1 is 1.28 bits per heavy atom. The van der Waals surface area contributed by atoms with Gasteiger partial charge < -0.3 is 10.2 Å². The maximum atomic E-state index is 4.70. The molecule has 0 aliphatic carbocycles. The van der Waals surface area contributed by atoms with E-state index in [1.165, 1.54) is 12.8 Å². The first-order valence-electron chi connectivity index (χ1n) is 6.96. The predicted molar refractivity (Wildman–Crippen MR) is 71.8 cm³/mol. The number of hydrogen-bond donors (Lipinski definition) is 2. The topological polar surface area (TPSA) is 56.8 Å². The standard InChI is InChI=1S/C13H23N5/c1-13(2,3)11-15-12(17-16-11)18-6-4-5-9-7-14-8-10(9)18/h9-10,14H,4-8H2,1-3H3,(H,15,16,17). The van der Waals surface area contributed by atoms with E-state index in [1.807, 2.05) is 0 Å². The lowest BCUT2D eigenvalue weighted by Gasteiger charge is -2.36. The van der Waals surface area contributed by atoms with Gasteiger partial charge in [0.1, 0.15) is 5.82 Å². The Kier molecular flexibility index (Phi) is 2.81. The molecule has 2 unspecified atom stereocenters. The molecule has 0 bridgehead atoms. The van der Waals surface area contributed by atoms with E-state index in [1.54, 1.807) is 0 Å². The van der Waals surface area contributed by atoms with Crippen molar-refractivity contribution < 1.29 is 0 Å². The van der Waals surface area contributed by atoms with Gasteiger partial charge in [-0.3, -0.25) is 5.10 Å². The third-order valence-corrected chi connectivity index (χ3v) is 4.12. The minimum absolute atomic E-state index is 0.0361. The van der Waals surface area contributed by atoms with Crippen LogP contribution in [0.25, 0.3) is 0 Å². The molecule has 0 aromatic carbocycles. The van der Waals surface area contributed by atoms with Crippen LogP contribution in [0.3, 0.4) is 0 Å². The van der Waals surface area contributed by atoms with Gasteiger partial charge in [-0.2, -0.15) is 4.98 Å². The smallest absolute Gasteiger partial charge is 0.245 e. The Labute approximate surface area is 108 Å². The fourth-order valence-corrected chi connectivity index (χ4v) is 3.03. The number of fused-ring (bicyclic) bond motifs is 1. The van der Waals surface area contributed by atoms with Gasteiger partial charge in [-0.1, -0.05) is 20.8 Å². The van der Waals surface area contributed by atoms with Crippen molar-refractivity contribution in [1.82, 2.24) is 20.5 Å². The zero-order valence-corrected chi connectivity index (χ0v) is 11.5. The van der Waals surface area contributed by atoms with Crippen LogP contribution in [0.5, 0.6) is 0 Å². The highest BCUT2D eigenvalue weighted by molar-refractivity contribution is 5.34. The summed E-state index contributed by atoms with van der Waals surface area (Å²) in [6.07, 6.45) is 2.59. The van der Waals surface area contributed by atoms with Gasteiger partial charge in [0.25, 0.3) is 0 Å². The Hall–Kier alpha value is -1.10. The van der Waals surface area contributed by atoms with Crippen LogP contribution < -0.4 is 10.2 Å². The third-order valence-electron chi connectivity index (χ3n) is 4.12. The van der Waals surface area contributed by atoms with Gasteiger partial charge in [0.2, 0.25) is 5.95 Å². The first-order valence-corrected chi connectivity index (χ1v) is 6.96. The molecule has 2 N–H and O–H groups in total. The summed E-state index contributed by atoms with van der Waals surface area (Å²) in [6, 6.07) is 0.586. The largest absolute Gasteiger partial charge is 0.335 e. The van der Waals surface area contributed by atoms with Crippen molar-refractivity contribution in [2.45, 2.75) is 45.1 Å². The highest BCUT2D eigenvalue weighted by atomic mass is 15.4. The second-order valence-electron chi connectivity index (χ2n) is 6.56. The van der Waals surface area contributed by atoms with Crippen molar-refractivity contribution in [3.8, 4) is 0 Å². The summed E-state index contributed by atoms with van der Waals surface area (Å²) < 4.78 is 0. The van der Waals surface area contributed by atoms with Gasteiger partial charge >= 0.3 is 0 Å². The molecule has 2 aliphatic rings. The first-order chi connectivity index (χ1) is 8.55. The summed E-state index contributed by atoms with van der Waals surface area (Å²) in [7, 11) is 0. The Morgan fingerprint density at radius 3 is 2.83 bits per heavy atom. The van der Waals surface area contributed by atoms with Crippen LogP contribution in [0.15, 0.2) is 0 Å². The molecule has 100 valence electrons. The molecule has 3 rings (SSSR count). The van der Waals surface area contributed by atoms with Gasteiger partial charge in [0, 0.05) is 31.1 Å². The fourth-order valence-electron chi connectivity index (χ4n) is 3.03. The third kappa shape index (κ3) is 2.00. The molecule has 18 heavy (non-hydrogen) atoms. The average Bonchev–Trinajstić information content (AvgIpc) is 2.96. The van der Waals surface area contributed by atoms with Crippen LogP contribution in [-0.2, 0) is 5.41 Å². The van der Waals surface area contributed by atoms with E-state index in [4.69, 9.17) is 4.98 Å². The highest BCUT2D eigenvalue weighted by Crippen LogP contribution is 2.30. The molecule has 0 spiro atoms. The second-order valence-corrected chi connectivity index (χ2v) is 6.56. The van der Waals surface area contributed by atoms with Crippen molar-refractivity contribution in [3.63, 3.8) is 0 Å². The van der Waals surface area contributed by atoms with E-state index >= 15 is 0 Å². The summed E-state index contributed by atoms with van der Waals surface area (Å²) >= 11 is 0. The molecule has 2 saturated heterocycles. The molecule has 2 aliphatic heterocycles. The number of piperidine rings is 1. The molecule has 0 radical (unpaired) electrons. The summed E-state index contributed by atoms with van der Waals surface area (Å²) in [4.78, 5) is 7.09. The van der Waals surface area contributed by atoms with E-state index in [2.05, 4.69) is 41.2 Å². The number of nitrogens with zero attached hydrogens (tertiary/aromatic N) is 3. The van der Waals surface area contributed by atoms with E-state index in [9.17, 15) is 0 Å². The van der Waals surface area contributed by atoms with Crippen molar-refractivity contribution in [2.24, 2.45) is 5.92 Å². The van der Waals surface area contributed by atoms with Crippen molar-refractivity contribution in [1.29, 1.82) is 0 Å². The number of H-pyrrole nitrogens is 1. The fraction of sp³-hybridized carbons (Fsp3) is 0.846. The predicted octanol–water partition coefficient (Wildman–Crippen LogP) is 1.29. The van der Waals surface area contributed by atoms with Gasteiger partial charge in [0.05, 0.1) is 0 Å². The van der Waals surface area contributed by atoms with E-state index in [-0.39, 0.29) is 5.41 Å². The zero-order valence-electron chi connectivity index (χ0n) is 11.5. The Bertz CT molecular complexity index is 419. The van der Waals surface area contributed by atoms with Gasteiger partial charge in [-0.05, 0) is 18.8 Å². The Morgan fingerprint density at radius 2 is 2.11 bits per heavy atom. The number of aromatic nitrogens is 3. The van der Waals surface area contributed by atoms with Crippen LogP contribution in [0, 0.1) is 5.92 Å². The highest BCUT2D eigenvalue weighted by Gasteiger charge is 2.36. The Balaban J connectivity index is 1.83. The molecule has 1 aromatic heterocycles. The van der Waals surface area contributed by atoms with Crippen molar-refractivity contribution in [2.75, 3.05) is 24.5 Å². The van der Waals surface area contributed by atoms with E-state index in [0.717, 1.165) is 37.3 Å². The van der Waals surface area contributed by atoms with E-state index in [0.29, 0.717) is 6.04 Å². The van der Waals surface area contributed by atoms with Crippen LogP contribution in [-0.4, -0.2) is 40.9 Å². The van der Waals surface area contributed by atoms with Gasteiger partial charge in [0.15, 0.2) is 0 Å². The molecule has 0 amide bonds. The lowest BCUT2D eigenvalue weighted by molar-refractivity contribution is 0.381. The summed E-state index contributed by atoms with van der Waals surface area (Å²) in [5, 5.41) is 11.0. The normalized spacial score (nSPS) is 28.5. The monoisotopic (exact) mass is 249 g/mol. The number of hydrogen-bond acceptors (Lipinski definition) is 4. The lowest BCUT2D eigenvalue weighted by atomic mass is 9.92.